The third-order valence-corrected chi connectivity index (χ3v) is 0.607. The fourth-order valence-electron chi connectivity index (χ4n) is 0.342. The molecule has 1 aromatic carbocycles. The van der Waals surface area contributed by atoms with Crippen LogP contribution >= 0.6 is 0 Å². The zero-order valence-electron chi connectivity index (χ0n) is 8.96. The van der Waals surface area contributed by atoms with Crippen molar-refractivity contribution < 1.29 is 32.7 Å². The molecule has 0 saturated carbocycles. The minimum atomic E-state index is 0. The summed E-state index contributed by atoms with van der Waals surface area (Å²) in [5.41, 5.74) is 0. The molecule has 0 N–H and O–H groups in total. The van der Waals surface area contributed by atoms with Crippen LogP contribution in [0.3, 0.4) is 0 Å². The summed E-state index contributed by atoms with van der Waals surface area (Å²) in [6.45, 7) is 8.00. The molecule has 0 fully saturated rings. The first-order valence-corrected chi connectivity index (χ1v) is 3.91. The Morgan fingerprint density at radius 1 is 0.769 bits per heavy atom. The van der Waals surface area contributed by atoms with Crippen molar-refractivity contribution in [2.45, 2.75) is 35.1 Å². The summed E-state index contributed by atoms with van der Waals surface area (Å²) in [7, 11) is 0. The van der Waals surface area contributed by atoms with Crippen LogP contribution < -0.4 is 0 Å². The van der Waals surface area contributed by atoms with E-state index in [0.29, 0.717) is 0 Å². The van der Waals surface area contributed by atoms with Gasteiger partial charge in [0.25, 0.3) is 0 Å². The monoisotopic (exact) mass is 257 g/mol. The van der Waals surface area contributed by atoms with Crippen LogP contribution in [0.4, 0.5) is 0 Å². The van der Waals surface area contributed by atoms with Crippen molar-refractivity contribution in [3.05, 3.63) is 43.8 Å². The Kier molecular flexibility index (Phi) is 88.8. The van der Waals surface area contributed by atoms with Gasteiger partial charge in [-0.25, -0.2) is 0 Å². The van der Waals surface area contributed by atoms with Crippen molar-refractivity contribution in [2.75, 3.05) is 0 Å². The van der Waals surface area contributed by atoms with Crippen LogP contribution in [0.5, 0.6) is 0 Å². The van der Waals surface area contributed by atoms with Gasteiger partial charge in [-0.2, -0.15) is 36.4 Å². The Morgan fingerprint density at radius 3 is 1.15 bits per heavy atom. The average Bonchev–Trinajstić information content (AvgIpc) is 2.14. The van der Waals surface area contributed by atoms with Gasteiger partial charge >= 0.3 is 0 Å². The van der Waals surface area contributed by atoms with Crippen molar-refractivity contribution in [3.8, 4) is 0 Å². The van der Waals surface area contributed by atoms with Crippen molar-refractivity contribution in [2.24, 2.45) is 0 Å². The summed E-state index contributed by atoms with van der Waals surface area (Å²) in [6.07, 6.45) is 0. The molecule has 1 heteroatoms. The van der Waals surface area contributed by atoms with E-state index in [9.17, 15) is 0 Å². The third-order valence-electron chi connectivity index (χ3n) is 0.607. The second kappa shape index (κ2) is 39.5. The summed E-state index contributed by atoms with van der Waals surface area (Å²) in [5.74, 6) is 0. The first-order valence-electron chi connectivity index (χ1n) is 3.91. The molecule has 0 atom stereocenters. The van der Waals surface area contributed by atoms with Gasteiger partial charge in [0.2, 0.25) is 0 Å². The van der Waals surface area contributed by atoms with Crippen molar-refractivity contribution >= 4 is 0 Å². The number of hydrogen-bond acceptors (Lipinski definition) is 0. The Morgan fingerprint density at radius 2 is 1.08 bits per heavy atom. The Bertz CT molecular complexity index is 77.0. The first-order chi connectivity index (χ1) is 5.00. The van der Waals surface area contributed by atoms with Gasteiger partial charge in [-0.1, -0.05) is 35.1 Å². The van der Waals surface area contributed by atoms with Gasteiger partial charge in [0, 0.05) is 32.7 Å². The van der Waals surface area contributed by atoms with Crippen LogP contribution in [0, 0.1) is 13.5 Å². The van der Waals surface area contributed by atoms with Crippen LogP contribution in [-0.4, -0.2) is 0 Å². The molecule has 0 saturated heterocycles. The van der Waals surface area contributed by atoms with Gasteiger partial charge in [-0.05, 0) is 0 Å². The summed E-state index contributed by atoms with van der Waals surface area (Å²) < 4.78 is 0. The number of rotatable bonds is 0. The van der Waals surface area contributed by atoms with E-state index in [2.05, 4.69) is 6.07 Å². The third kappa shape index (κ3) is 32.8. The van der Waals surface area contributed by atoms with E-state index >= 15 is 0 Å². The maximum atomic E-state index is 2.89. The topological polar surface area (TPSA) is 0 Å². The Balaban J connectivity index is -0.0000000277. The minimum absolute atomic E-state index is 0. The largest absolute Gasteiger partial charge is 0.358 e. The number of hydrogen-bond donors (Lipinski definition) is 0. The normalized spacial score (nSPS) is 4.62. The molecule has 0 unspecified atom stereocenters. The van der Waals surface area contributed by atoms with Gasteiger partial charge in [-0.3, -0.25) is 0 Å². The van der Waals surface area contributed by atoms with Gasteiger partial charge in [0.15, 0.2) is 0 Å². The molecule has 1 radical (unpaired) electrons. The summed E-state index contributed by atoms with van der Waals surface area (Å²) >= 11 is 0. The van der Waals surface area contributed by atoms with Crippen molar-refractivity contribution in [1.82, 2.24) is 0 Å². The smallest absolute Gasteiger partial charge is 0 e. The Hall–Kier alpha value is 0.324. The van der Waals surface area contributed by atoms with Crippen LogP contribution in [0.2, 0.25) is 0 Å². The molecule has 1 aromatic rings. The van der Waals surface area contributed by atoms with Crippen LogP contribution in [0.1, 0.15) is 35.1 Å². The van der Waals surface area contributed by atoms with Gasteiger partial charge in [-0.15, -0.1) is 0 Å². The van der Waals surface area contributed by atoms with E-state index in [1.165, 1.54) is 0 Å². The van der Waals surface area contributed by atoms with Crippen LogP contribution in [0.25, 0.3) is 0 Å². The molecule has 1 rings (SSSR count). The van der Waals surface area contributed by atoms with Crippen LogP contribution in [-0.2, 0) is 32.7 Å². The van der Waals surface area contributed by atoms with E-state index in [0.717, 1.165) is 0 Å². The van der Waals surface area contributed by atoms with Gasteiger partial charge < -0.3 is 7.43 Å². The molecule has 77 valence electrons. The molecule has 0 aliphatic carbocycles. The van der Waals surface area contributed by atoms with E-state index in [1.54, 1.807) is 0 Å². The summed E-state index contributed by atoms with van der Waals surface area (Å²) in [5, 5.41) is 0. The van der Waals surface area contributed by atoms with E-state index in [4.69, 9.17) is 0 Å². The quantitative estimate of drug-likeness (QED) is 0.595. The summed E-state index contributed by atoms with van der Waals surface area (Å²) in [6, 6.07) is 12.5. The second-order valence-electron chi connectivity index (χ2n) is 1.08. The molecule has 0 amide bonds. The molecule has 0 aromatic heterocycles. The molecule has 0 aliphatic heterocycles. The molecule has 0 aliphatic rings. The SMILES string of the molecule is C.CC.CC.[CH3-].[Y].[c-]1ccccc1. The molecular formula is C12H24Y-2. The van der Waals surface area contributed by atoms with Gasteiger partial charge in [0.1, 0.15) is 0 Å². The molecular weight excluding hydrogens is 233 g/mol. The summed E-state index contributed by atoms with van der Waals surface area (Å²) in [4.78, 5) is 0. The molecule has 0 spiro atoms. The molecule has 0 bridgehead atoms. The van der Waals surface area contributed by atoms with E-state index < -0.39 is 0 Å². The number of benzene rings is 1. The maximum Gasteiger partial charge on any atom is 0 e. The minimum Gasteiger partial charge on any atom is -0.358 e. The average molecular weight is 257 g/mol. The molecule has 13 heavy (non-hydrogen) atoms. The van der Waals surface area contributed by atoms with E-state index in [-0.39, 0.29) is 47.6 Å². The zero-order valence-corrected chi connectivity index (χ0v) is 11.8. The van der Waals surface area contributed by atoms with E-state index in [1.807, 2.05) is 58.0 Å². The first kappa shape index (κ1) is 29.2. The Labute approximate surface area is 111 Å². The second-order valence-corrected chi connectivity index (χ2v) is 1.08. The van der Waals surface area contributed by atoms with Crippen LogP contribution in [0.15, 0.2) is 30.3 Å². The van der Waals surface area contributed by atoms with Crippen molar-refractivity contribution in [3.63, 3.8) is 0 Å². The standard InChI is InChI=1S/C6H5.2C2H6.CH4.CH3.Y/c1-2-4-6-5-3-1;2*1-2;;;/h1-5H;2*1-2H3;1H4;1H3;/q-1;;;;-1;. The fourth-order valence-corrected chi connectivity index (χ4v) is 0.342. The maximum absolute atomic E-state index is 2.89. The predicted octanol–water partition coefficient (Wildman–Crippen LogP) is 4.62. The zero-order chi connectivity index (χ0) is 8.24. The fraction of sp³-hybridized carbons (Fsp3) is 0.417. The van der Waals surface area contributed by atoms with Crippen molar-refractivity contribution in [1.29, 1.82) is 0 Å². The molecule has 0 nitrogen and oxygen atoms in total. The van der Waals surface area contributed by atoms with Gasteiger partial charge in [0.05, 0.1) is 0 Å². The molecule has 0 heterocycles. The predicted molar refractivity (Wildman–Crippen MR) is 61.1 cm³/mol.